The average Bonchev–Trinajstić information content (AvgIpc) is 1.69. The lowest BCUT2D eigenvalue weighted by Gasteiger charge is -2.32. The van der Waals surface area contributed by atoms with Gasteiger partial charge in [0, 0.05) is 107 Å². The van der Waals surface area contributed by atoms with Crippen LogP contribution in [0.4, 0.5) is 0 Å². The van der Waals surface area contributed by atoms with Gasteiger partial charge in [0.05, 0.1) is 45.5 Å². The zero-order valence-electron chi connectivity index (χ0n) is 59.5. The molecular weight excluding hydrogens is 1370 g/mol. The van der Waals surface area contributed by atoms with Crippen molar-refractivity contribution in [2.24, 2.45) is 23.3 Å². The fourth-order valence-corrected chi connectivity index (χ4v) is 11.8. The number of H-pyrrole nitrogens is 2. The van der Waals surface area contributed by atoms with E-state index in [4.69, 9.17) is 11.5 Å². The molecule has 2 aromatic carbocycles. The Hall–Kier alpha value is -10.0. The number of aromatic nitrogens is 3. The van der Waals surface area contributed by atoms with E-state index >= 15 is 0 Å². The van der Waals surface area contributed by atoms with Crippen LogP contribution in [0.25, 0.3) is 10.9 Å². The Morgan fingerprint density at radius 1 is 0.538 bits per heavy atom. The molecule has 1 aliphatic rings. The fourth-order valence-electron chi connectivity index (χ4n) is 11.3. The van der Waals surface area contributed by atoms with Gasteiger partial charge < -0.3 is 84.6 Å². The molecule has 2 aromatic heterocycles. The summed E-state index contributed by atoms with van der Waals surface area (Å²) in [6.07, 6.45) is 5.54. The summed E-state index contributed by atoms with van der Waals surface area (Å²) in [7, 11) is 0. The van der Waals surface area contributed by atoms with Crippen molar-refractivity contribution in [1.29, 1.82) is 0 Å². The maximum Gasteiger partial charge on any atom is 0.317 e. The second-order valence-electron chi connectivity index (χ2n) is 26.3. The Bertz CT molecular complexity index is 3540. The molecule has 0 aliphatic carbocycles. The van der Waals surface area contributed by atoms with Crippen molar-refractivity contribution in [1.82, 2.24) is 82.4 Å². The monoisotopic (exact) mass is 1470 g/mol. The third-order valence-electron chi connectivity index (χ3n) is 17.0. The van der Waals surface area contributed by atoms with Crippen LogP contribution in [0.5, 0.6) is 0 Å². The molecule has 1 aliphatic heterocycles. The predicted octanol–water partition coefficient (Wildman–Crippen LogP) is -3.25. The van der Waals surface area contributed by atoms with E-state index in [1.165, 1.54) is 31.2 Å². The molecule has 0 unspecified atom stereocenters. The molecule has 3 heterocycles. The van der Waals surface area contributed by atoms with Crippen molar-refractivity contribution in [2.45, 2.75) is 128 Å². The lowest BCUT2D eigenvalue weighted by molar-refractivity contribution is -0.140. The van der Waals surface area contributed by atoms with Crippen LogP contribution in [0.1, 0.15) is 82.7 Å². The molecule has 0 spiro atoms. The lowest BCUT2D eigenvalue weighted by atomic mass is 10.0. The highest BCUT2D eigenvalue weighted by molar-refractivity contribution is 7.98. The van der Waals surface area contributed by atoms with E-state index in [9.17, 15) is 82.4 Å². The minimum absolute atomic E-state index is 0.0635. The van der Waals surface area contributed by atoms with E-state index in [1.807, 2.05) is 20.1 Å². The molecule has 11 amide bonds. The van der Waals surface area contributed by atoms with Gasteiger partial charge in [-0.3, -0.25) is 86.7 Å². The molecule has 35 nitrogen and oxygen atoms in total. The second kappa shape index (κ2) is 43.2. The normalized spacial score (nSPS) is 15.6. The number of rotatable bonds is 41. The summed E-state index contributed by atoms with van der Waals surface area (Å²) in [6.45, 7) is 8.33. The molecule has 104 heavy (non-hydrogen) atoms. The number of primary amides is 2. The van der Waals surface area contributed by atoms with Gasteiger partial charge >= 0.3 is 17.9 Å². The summed E-state index contributed by atoms with van der Waals surface area (Å²) in [5.41, 5.74) is 14.0. The van der Waals surface area contributed by atoms with E-state index in [0.29, 0.717) is 39.0 Å². The highest BCUT2D eigenvalue weighted by Crippen LogP contribution is 2.20. The first kappa shape index (κ1) is 84.6. The first-order chi connectivity index (χ1) is 49.4. The number of aliphatic carboxylic acids is 3. The Kier molecular flexibility index (Phi) is 35.1. The Morgan fingerprint density at radius 3 is 1.60 bits per heavy atom. The Balaban J connectivity index is 1.22. The van der Waals surface area contributed by atoms with Gasteiger partial charge in [-0.15, -0.1) is 0 Å². The number of nitrogens with two attached hydrogens (primary N) is 2. The third kappa shape index (κ3) is 30.5. The summed E-state index contributed by atoms with van der Waals surface area (Å²) in [5, 5.41) is 53.2. The number of amides is 11. The summed E-state index contributed by atoms with van der Waals surface area (Å²) in [6, 6.07) is 4.84. The first-order valence-corrected chi connectivity index (χ1v) is 35.6. The first-order valence-electron chi connectivity index (χ1n) is 34.2. The van der Waals surface area contributed by atoms with Crippen LogP contribution in [0, 0.1) is 11.8 Å². The number of carboxylic acid groups (broad SMARTS) is 3. The van der Waals surface area contributed by atoms with Gasteiger partial charge in [-0.1, -0.05) is 70.2 Å². The highest BCUT2D eigenvalue weighted by Gasteiger charge is 2.34. The van der Waals surface area contributed by atoms with Crippen molar-refractivity contribution >= 4 is 106 Å². The molecule has 4 aromatic rings. The number of fused-ring (bicyclic) bond motifs is 1. The van der Waals surface area contributed by atoms with Gasteiger partial charge in [0.2, 0.25) is 65.0 Å². The van der Waals surface area contributed by atoms with Crippen molar-refractivity contribution < 1.29 is 82.4 Å². The van der Waals surface area contributed by atoms with Gasteiger partial charge in [-0.25, -0.2) is 4.98 Å². The maximum atomic E-state index is 14.4. The van der Waals surface area contributed by atoms with E-state index in [2.05, 4.69) is 62.8 Å². The number of carboxylic acids is 3. The van der Waals surface area contributed by atoms with Crippen molar-refractivity contribution in [3.05, 3.63) is 89.6 Å². The van der Waals surface area contributed by atoms with Crippen LogP contribution >= 0.6 is 11.8 Å². The molecule has 1 saturated heterocycles. The van der Waals surface area contributed by atoms with Crippen molar-refractivity contribution in [3.8, 4) is 0 Å². The van der Waals surface area contributed by atoms with Crippen LogP contribution in [0.3, 0.4) is 0 Å². The molecule has 0 bridgehead atoms. The number of carbonyl (C=O) groups is 14. The number of aromatic amines is 2. The number of nitrogens with one attached hydrogen (secondary N) is 11. The summed E-state index contributed by atoms with van der Waals surface area (Å²) < 4.78 is 0. The third-order valence-corrected chi connectivity index (χ3v) is 17.6. The quantitative estimate of drug-likeness (QED) is 0.0207. The number of nitrogens with zero attached hydrogens (tertiary/aromatic N) is 5. The predicted molar refractivity (Wildman–Crippen MR) is 382 cm³/mol. The molecule has 7 atom stereocenters. The molecule has 5 rings (SSSR count). The zero-order chi connectivity index (χ0) is 76.6. The number of hydrogen-bond donors (Lipinski definition) is 16. The maximum absolute atomic E-state index is 14.4. The van der Waals surface area contributed by atoms with E-state index in [0.717, 1.165) is 0 Å². The molecule has 0 saturated carbocycles. The lowest BCUT2D eigenvalue weighted by Crippen LogP contribution is -2.59. The van der Waals surface area contributed by atoms with Crippen molar-refractivity contribution in [3.63, 3.8) is 0 Å². The number of hydrogen-bond acceptors (Lipinski definition) is 20. The Labute approximate surface area is 606 Å². The van der Waals surface area contributed by atoms with Crippen LogP contribution in [-0.4, -0.2) is 272 Å². The minimum atomic E-state index is -1.43. The van der Waals surface area contributed by atoms with E-state index in [-0.39, 0.29) is 142 Å². The smallest absolute Gasteiger partial charge is 0.317 e. The number of imidazole rings is 1. The van der Waals surface area contributed by atoms with Crippen molar-refractivity contribution in [2.75, 3.05) is 97.1 Å². The number of para-hydroxylation sites is 1. The SMILES string of the molecule is CSCC[C@H](NC(=O)[C@H](CC(C)C)NC(=O)[C@H](Cc1cnc[nH]1)NC(=O)CNC(=O)[C@@H](NC(=O)[C@H](C)NC(=O)[C@H](Cc1c[nH]c2ccccc12)NC(=O)[C@H](CCC(N)=O)NC(=O)Cc1ccc(CNC(=O)CN2CCN(CC(=O)O)CCN(CC(=O)O)CCN(CC(=O)O)CC2)cc1)C(C)C)C(N)=O. The standard InChI is InChI=1S/C68H100N18O17S/c1-40(2)27-51(66(101)79-49(62(70)97)17-26-104-6)80-67(102)53(30-46-33-71-39-75-46)78-56(89)34-74-68(103)61(41(3)4)82-63(98)42(5)76-65(100)52(29-45-32-72-48-10-8-7-9-47(45)48)81-64(99)50(15-16-54(69)87)77-55(88)28-43-11-13-44(14-12-43)31-73-57(90)35-83-18-20-84(36-58(91)92)22-24-86(38-60(95)96)25-23-85(21-19-83)37-59(93)94/h7-14,32-33,39-42,49-53,61,72H,15-31,34-38H2,1-6H3,(H2,69,87)(H2,70,97)(H,71,75)(H,73,90)(H,74,103)(H,76,100)(H,77,88)(H,78,89)(H,79,101)(H,80,102)(H,81,99)(H,82,98)(H,91,92)(H,93,94)(H,95,96)/t42-,49-,50-,51-,52-,53-,61-/m0/s1. The highest BCUT2D eigenvalue weighted by atomic mass is 32.2. The Morgan fingerprint density at radius 2 is 1.06 bits per heavy atom. The van der Waals surface area contributed by atoms with Crippen LogP contribution < -0.4 is 59.3 Å². The van der Waals surface area contributed by atoms with Gasteiger partial charge in [0.15, 0.2) is 0 Å². The average molecular weight is 1470 g/mol. The molecule has 36 heteroatoms. The number of carbonyl (C=O) groups excluding carboxylic acids is 11. The molecule has 0 radical (unpaired) electrons. The van der Waals surface area contributed by atoms with Gasteiger partial charge in [0.1, 0.15) is 42.3 Å². The molecular formula is C68H100N18O17S. The van der Waals surface area contributed by atoms with Crippen LogP contribution in [0.2, 0.25) is 0 Å². The summed E-state index contributed by atoms with van der Waals surface area (Å²) >= 11 is 1.45. The number of thioether (sulfide) groups is 1. The van der Waals surface area contributed by atoms with Crippen LogP contribution in [0.15, 0.2) is 67.3 Å². The van der Waals surface area contributed by atoms with Gasteiger partial charge in [-0.2, -0.15) is 11.8 Å². The van der Waals surface area contributed by atoms with Gasteiger partial charge in [0.25, 0.3) is 0 Å². The largest absolute Gasteiger partial charge is 0.480 e. The molecule has 18 N–H and O–H groups in total. The zero-order valence-corrected chi connectivity index (χ0v) is 60.3. The minimum Gasteiger partial charge on any atom is -0.480 e. The summed E-state index contributed by atoms with van der Waals surface area (Å²) in [4.78, 5) is 201. The van der Waals surface area contributed by atoms with E-state index < -0.39 is 132 Å². The fraction of sp³-hybridized carbons (Fsp3) is 0.544. The van der Waals surface area contributed by atoms with Gasteiger partial charge in [-0.05, 0) is 72.8 Å². The van der Waals surface area contributed by atoms with Crippen LogP contribution in [-0.2, 0) is 92.9 Å². The molecule has 1 fully saturated rings. The second-order valence-corrected chi connectivity index (χ2v) is 27.3. The van der Waals surface area contributed by atoms with E-state index in [1.54, 1.807) is 88.2 Å². The topological polar surface area (TPSA) is 517 Å². The summed E-state index contributed by atoms with van der Waals surface area (Å²) in [5.74, 6) is -11.6. The number of benzene rings is 2. The molecule has 570 valence electrons.